The van der Waals surface area contributed by atoms with Crippen molar-refractivity contribution in [3.63, 3.8) is 0 Å². The fraction of sp³-hybridized carbons (Fsp3) is 0.556. The second-order valence-corrected chi connectivity index (χ2v) is 3.67. The van der Waals surface area contributed by atoms with Crippen LogP contribution in [0.1, 0.15) is 13.2 Å². The van der Waals surface area contributed by atoms with Gasteiger partial charge in [-0.1, -0.05) is 0 Å². The maximum absolute atomic E-state index is 12.9. The maximum Gasteiger partial charge on any atom is 0.349 e. The van der Waals surface area contributed by atoms with E-state index >= 15 is 0 Å². The van der Waals surface area contributed by atoms with Crippen LogP contribution in [-0.4, -0.2) is 38.1 Å². The van der Waals surface area contributed by atoms with Gasteiger partial charge in [0.25, 0.3) is 0 Å². The third-order valence-corrected chi connectivity index (χ3v) is 2.53. The fourth-order valence-corrected chi connectivity index (χ4v) is 1.64. The van der Waals surface area contributed by atoms with Gasteiger partial charge in [-0.3, -0.25) is 4.57 Å². The van der Waals surface area contributed by atoms with Crippen molar-refractivity contribution in [1.29, 1.82) is 0 Å². The zero-order valence-electron chi connectivity index (χ0n) is 8.45. The van der Waals surface area contributed by atoms with Crippen LogP contribution in [0.15, 0.2) is 17.2 Å². The molecule has 88 valence electrons. The van der Waals surface area contributed by atoms with Crippen LogP contribution in [0.2, 0.25) is 0 Å². The molecule has 1 aromatic rings. The van der Waals surface area contributed by atoms with Crippen molar-refractivity contribution in [3.05, 3.63) is 28.7 Å². The van der Waals surface area contributed by atoms with E-state index in [2.05, 4.69) is 4.98 Å². The first-order chi connectivity index (χ1) is 7.50. The summed E-state index contributed by atoms with van der Waals surface area (Å²) >= 11 is 0. The lowest BCUT2D eigenvalue weighted by atomic mass is 10.1. The summed E-state index contributed by atoms with van der Waals surface area (Å²) < 4.78 is 18.9. The van der Waals surface area contributed by atoms with Crippen molar-refractivity contribution in [2.45, 2.75) is 31.5 Å². The molecule has 16 heavy (non-hydrogen) atoms. The van der Waals surface area contributed by atoms with Gasteiger partial charge in [0.2, 0.25) is 0 Å². The maximum atomic E-state index is 12.9. The average molecular weight is 230 g/mol. The second-order valence-electron chi connectivity index (χ2n) is 3.67. The lowest BCUT2D eigenvalue weighted by molar-refractivity contribution is -0.0355. The Hall–Kier alpha value is -1.31. The first-order valence-electron chi connectivity index (χ1n) is 4.76. The van der Waals surface area contributed by atoms with E-state index < -0.39 is 36.0 Å². The molecule has 7 heteroatoms. The monoisotopic (exact) mass is 230 g/mol. The largest absolute Gasteiger partial charge is 0.388 e. The van der Waals surface area contributed by atoms with Gasteiger partial charge in [-0.05, 0) is 6.92 Å². The highest BCUT2D eigenvalue weighted by molar-refractivity contribution is 4.93. The Labute approximate surface area is 89.9 Å². The molecule has 0 spiro atoms. The molecular formula is C9H11FN2O4. The molecular weight excluding hydrogens is 219 g/mol. The highest BCUT2D eigenvalue weighted by Gasteiger charge is 2.41. The second kappa shape index (κ2) is 3.93. The molecule has 1 aliphatic heterocycles. The van der Waals surface area contributed by atoms with Gasteiger partial charge < -0.3 is 14.9 Å². The van der Waals surface area contributed by atoms with Crippen molar-refractivity contribution in [1.82, 2.24) is 9.55 Å². The third-order valence-electron chi connectivity index (χ3n) is 2.53. The normalized spacial score (nSPS) is 34.2. The predicted molar refractivity (Wildman–Crippen MR) is 50.1 cm³/mol. The van der Waals surface area contributed by atoms with E-state index in [9.17, 15) is 19.4 Å². The van der Waals surface area contributed by atoms with Crippen molar-refractivity contribution in [2.75, 3.05) is 0 Å². The van der Waals surface area contributed by atoms with E-state index in [1.165, 1.54) is 0 Å². The highest BCUT2D eigenvalue weighted by Crippen LogP contribution is 2.27. The minimum atomic E-state index is -1.28. The van der Waals surface area contributed by atoms with Gasteiger partial charge in [-0.25, -0.2) is 9.18 Å². The van der Waals surface area contributed by atoms with Gasteiger partial charge in [-0.2, -0.15) is 4.98 Å². The van der Waals surface area contributed by atoms with Gasteiger partial charge in [0.15, 0.2) is 12.0 Å². The quantitative estimate of drug-likeness (QED) is 0.648. The molecule has 2 heterocycles. The topological polar surface area (TPSA) is 84.6 Å². The summed E-state index contributed by atoms with van der Waals surface area (Å²) in [5.41, 5.74) is -0.744. The molecule has 0 saturated carbocycles. The van der Waals surface area contributed by atoms with Crippen LogP contribution in [0, 0.1) is 5.82 Å². The smallest absolute Gasteiger partial charge is 0.349 e. The van der Waals surface area contributed by atoms with E-state index in [4.69, 9.17) is 4.74 Å². The van der Waals surface area contributed by atoms with Crippen LogP contribution < -0.4 is 5.69 Å². The molecule has 2 N–H and O–H groups in total. The molecule has 6 nitrogen and oxygen atoms in total. The molecule has 4 atom stereocenters. The summed E-state index contributed by atoms with van der Waals surface area (Å²) in [5, 5.41) is 19.1. The number of halogens is 1. The van der Waals surface area contributed by atoms with Crippen molar-refractivity contribution in [2.24, 2.45) is 0 Å². The molecule has 1 aromatic heterocycles. The van der Waals surface area contributed by atoms with Crippen LogP contribution >= 0.6 is 0 Å². The number of hydrogen-bond acceptors (Lipinski definition) is 5. The van der Waals surface area contributed by atoms with E-state index in [0.29, 0.717) is 0 Å². The summed E-state index contributed by atoms with van der Waals surface area (Å²) in [6.45, 7) is 1.55. The fourth-order valence-electron chi connectivity index (χ4n) is 1.64. The van der Waals surface area contributed by atoms with Gasteiger partial charge in [0.1, 0.15) is 12.2 Å². The molecule has 0 radical (unpaired) electrons. The summed E-state index contributed by atoms with van der Waals surface area (Å²) in [6, 6.07) is 0. The molecule has 0 amide bonds. The summed E-state index contributed by atoms with van der Waals surface area (Å²) in [4.78, 5) is 14.6. The van der Waals surface area contributed by atoms with Crippen LogP contribution in [0.25, 0.3) is 0 Å². The third kappa shape index (κ3) is 1.73. The number of rotatable bonds is 1. The Morgan fingerprint density at radius 1 is 1.50 bits per heavy atom. The molecule has 0 unspecified atom stereocenters. The van der Waals surface area contributed by atoms with E-state index in [0.717, 1.165) is 17.0 Å². The minimum Gasteiger partial charge on any atom is -0.388 e. The molecule has 1 aliphatic rings. The highest BCUT2D eigenvalue weighted by atomic mass is 19.1. The minimum absolute atomic E-state index is 0.629. The van der Waals surface area contributed by atoms with Gasteiger partial charge in [0, 0.05) is 6.20 Å². The average Bonchev–Trinajstić information content (AvgIpc) is 2.50. The summed E-state index contributed by atoms with van der Waals surface area (Å²) in [7, 11) is 0. The zero-order chi connectivity index (χ0) is 11.9. The predicted octanol–water partition coefficient (Wildman–Crippen LogP) is -0.979. The van der Waals surface area contributed by atoms with Crippen LogP contribution in [0.4, 0.5) is 4.39 Å². The van der Waals surface area contributed by atoms with E-state index in [1.807, 2.05) is 0 Å². The van der Waals surface area contributed by atoms with E-state index in [1.54, 1.807) is 6.92 Å². The molecule has 1 saturated heterocycles. The molecule has 0 aliphatic carbocycles. The van der Waals surface area contributed by atoms with Crippen molar-refractivity contribution < 1.29 is 19.3 Å². The van der Waals surface area contributed by atoms with Crippen LogP contribution in [0.3, 0.4) is 0 Å². The Morgan fingerprint density at radius 3 is 2.75 bits per heavy atom. The number of ether oxygens (including phenoxy) is 1. The number of aliphatic hydroxyl groups excluding tert-OH is 2. The van der Waals surface area contributed by atoms with Crippen LogP contribution in [-0.2, 0) is 4.74 Å². The number of nitrogens with zero attached hydrogens (tertiary/aromatic N) is 2. The lowest BCUT2D eigenvalue weighted by Crippen LogP contribution is -2.35. The van der Waals surface area contributed by atoms with Gasteiger partial charge >= 0.3 is 5.69 Å². The summed E-state index contributed by atoms with van der Waals surface area (Å²) in [6.07, 6.45) is -2.47. The van der Waals surface area contributed by atoms with Crippen molar-refractivity contribution >= 4 is 0 Å². The summed E-state index contributed by atoms with van der Waals surface area (Å²) in [5.74, 6) is -0.718. The molecule has 1 fully saturated rings. The van der Waals surface area contributed by atoms with Crippen LogP contribution in [0.5, 0.6) is 0 Å². The van der Waals surface area contributed by atoms with Crippen molar-refractivity contribution in [3.8, 4) is 0 Å². The zero-order valence-corrected chi connectivity index (χ0v) is 8.45. The number of aliphatic hydroxyl groups is 2. The van der Waals surface area contributed by atoms with Gasteiger partial charge in [0.05, 0.1) is 12.3 Å². The number of hydrogen-bond donors (Lipinski definition) is 2. The first-order valence-corrected chi connectivity index (χ1v) is 4.76. The standard InChI is InChI=1S/C9H11FN2O4/c1-4-6(13)7(14)8(16-4)12-3-5(10)2-11-9(12)15/h2-4,6-8,13-14H,1H3/t4-,6-,7-,8-/m1/s1. The molecule has 0 bridgehead atoms. The van der Waals surface area contributed by atoms with E-state index in [-0.39, 0.29) is 0 Å². The lowest BCUT2D eigenvalue weighted by Gasteiger charge is -2.16. The molecule has 2 rings (SSSR count). The number of aromatic nitrogens is 2. The molecule has 0 aromatic carbocycles. The SMILES string of the molecule is C[C@H]1O[C@@H](n2cc(F)cnc2=O)[C@H](O)[C@@H]1O. The Balaban J connectivity index is 2.38. The Bertz CT molecular complexity index is 449. The Kier molecular flexibility index (Phi) is 2.75. The Morgan fingerprint density at radius 2 is 2.19 bits per heavy atom. The van der Waals surface area contributed by atoms with Gasteiger partial charge in [-0.15, -0.1) is 0 Å². The first kappa shape index (κ1) is 11.2.